The van der Waals surface area contributed by atoms with Crippen LogP contribution >= 0.6 is 11.8 Å². The van der Waals surface area contributed by atoms with E-state index in [4.69, 9.17) is 8.85 Å². The first-order valence-electron chi connectivity index (χ1n) is 12.5. The zero-order valence-electron chi connectivity index (χ0n) is 22.3. The lowest BCUT2D eigenvalue weighted by molar-refractivity contribution is 0.0596. The van der Waals surface area contributed by atoms with Gasteiger partial charge in [-0.3, -0.25) is 0 Å². The smallest absolute Gasteiger partial charge is 0.200 e. The van der Waals surface area contributed by atoms with E-state index in [1.54, 1.807) is 0 Å². The van der Waals surface area contributed by atoms with Gasteiger partial charge in [0.1, 0.15) is 0 Å². The van der Waals surface area contributed by atoms with Crippen LogP contribution < -0.4 is 0 Å². The van der Waals surface area contributed by atoms with E-state index in [0.717, 1.165) is 26.1 Å². The Balaban J connectivity index is 2.45. The van der Waals surface area contributed by atoms with Crippen molar-refractivity contribution in [1.29, 1.82) is 0 Å². The third-order valence-corrected chi connectivity index (χ3v) is 15.9. The number of hydrogen-bond acceptors (Lipinski definition) is 3. The van der Waals surface area contributed by atoms with Gasteiger partial charge in [0.25, 0.3) is 0 Å². The summed E-state index contributed by atoms with van der Waals surface area (Å²) < 4.78 is 13.9. The fraction of sp³-hybridized carbons (Fsp3) is 0.704. The minimum atomic E-state index is -1.95. The molecule has 182 valence electrons. The number of rotatable bonds is 11. The van der Waals surface area contributed by atoms with Crippen molar-refractivity contribution >= 4 is 28.4 Å². The van der Waals surface area contributed by atoms with Gasteiger partial charge in [0, 0.05) is 28.8 Å². The normalized spacial score (nSPS) is 22.7. The highest BCUT2D eigenvalue weighted by Crippen LogP contribution is 2.50. The van der Waals surface area contributed by atoms with Crippen LogP contribution in [-0.2, 0) is 8.85 Å². The van der Waals surface area contributed by atoms with E-state index in [1.165, 1.54) is 10.5 Å². The van der Waals surface area contributed by atoms with Gasteiger partial charge in [-0.2, -0.15) is 0 Å². The molecule has 0 aromatic heterocycles. The molecule has 1 aromatic carbocycles. The van der Waals surface area contributed by atoms with Crippen LogP contribution in [0, 0.1) is 5.41 Å². The molecule has 5 heteroatoms. The zero-order chi connectivity index (χ0) is 24.2. The van der Waals surface area contributed by atoms with E-state index < -0.39 is 16.6 Å². The summed E-state index contributed by atoms with van der Waals surface area (Å²) in [5, 5.41) is 0.383. The molecular weight excluding hydrogens is 445 g/mol. The average molecular weight is 493 g/mol. The third kappa shape index (κ3) is 6.62. The van der Waals surface area contributed by atoms with E-state index in [9.17, 15) is 0 Å². The van der Waals surface area contributed by atoms with Gasteiger partial charge in [-0.1, -0.05) is 71.4 Å². The second kappa shape index (κ2) is 11.4. The van der Waals surface area contributed by atoms with Gasteiger partial charge in [-0.05, 0) is 68.2 Å². The molecule has 0 amide bonds. The first-order valence-corrected chi connectivity index (χ1v) is 18.9. The van der Waals surface area contributed by atoms with Gasteiger partial charge in [0.2, 0.25) is 0 Å². The zero-order valence-corrected chi connectivity index (χ0v) is 25.1. The number of thioether (sulfide) groups is 1. The predicted octanol–water partition coefficient (Wildman–Crippen LogP) is 8.92. The Morgan fingerprint density at radius 3 is 1.94 bits per heavy atom. The molecule has 2 unspecified atom stereocenters. The van der Waals surface area contributed by atoms with E-state index in [-0.39, 0.29) is 5.41 Å². The first-order chi connectivity index (χ1) is 14.8. The first kappa shape index (κ1) is 27.9. The van der Waals surface area contributed by atoms with Crippen LogP contribution in [0.5, 0.6) is 0 Å². The highest BCUT2D eigenvalue weighted by molar-refractivity contribution is 8.00. The lowest BCUT2D eigenvalue weighted by Gasteiger charge is -2.49. The summed E-state index contributed by atoms with van der Waals surface area (Å²) in [5.41, 5.74) is 3.28. The van der Waals surface area contributed by atoms with Crippen molar-refractivity contribution in [2.24, 2.45) is 5.41 Å². The van der Waals surface area contributed by atoms with E-state index >= 15 is 0 Å². The summed E-state index contributed by atoms with van der Waals surface area (Å²) in [5.74, 6) is 0. The van der Waals surface area contributed by atoms with Crippen molar-refractivity contribution in [3.63, 3.8) is 0 Å². The van der Waals surface area contributed by atoms with Crippen LogP contribution in [0.15, 0.2) is 46.9 Å². The summed E-state index contributed by atoms with van der Waals surface area (Å²) in [7, 11) is -3.60. The molecule has 1 aliphatic rings. The van der Waals surface area contributed by atoms with Crippen LogP contribution in [0.25, 0.3) is 0 Å². The second-order valence-electron chi connectivity index (χ2n) is 11.7. The molecule has 2 atom stereocenters. The molecule has 2 nitrogen and oxygen atoms in total. The van der Waals surface area contributed by atoms with E-state index in [2.05, 4.69) is 105 Å². The lowest BCUT2D eigenvalue weighted by Crippen LogP contribution is -2.53. The summed E-state index contributed by atoms with van der Waals surface area (Å²) >= 11 is 2.01. The maximum atomic E-state index is 7.27. The Morgan fingerprint density at radius 2 is 1.44 bits per heavy atom. The van der Waals surface area contributed by atoms with Gasteiger partial charge in [-0.15, -0.1) is 11.8 Å². The van der Waals surface area contributed by atoms with Crippen molar-refractivity contribution in [3.8, 4) is 0 Å². The minimum absolute atomic E-state index is 0.0105. The van der Waals surface area contributed by atoms with Gasteiger partial charge in [0.05, 0.1) is 0 Å². The van der Waals surface area contributed by atoms with Gasteiger partial charge >= 0.3 is 0 Å². The summed E-state index contributed by atoms with van der Waals surface area (Å²) in [6.07, 6.45) is 4.71. The van der Waals surface area contributed by atoms with Crippen LogP contribution in [0.4, 0.5) is 0 Å². The Bertz CT molecular complexity index is 718. The predicted molar refractivity (Wildman–Crippen MR) is 148 cm³/mol. The van der Waals surface area contributed by atoms with Crippen molar-refractivity contribution < 1.29 is 8.85 Å². The Hall–Kier alpha value is -0.336. The SMILES string of the molecule is CC1=CCCC(CO[Si](C)(C)C)(CO[Si](C(C)C)(C(C)C)C(C)C)C1Sc1ccccc1. The molecular formula is C27H48O2SSi2. The second-order valence-corrected chi connectivity index (χ2v) is 22.8. The Morgan fingerprint density at radius 1 is 0.906 bits per heavy atom. The van der Waals surface area contributed by atoms with Crippen molar-refractivity contribution in [1.82, 2.24) is 0 Å². The summed E-state index contributed by atoms with van der Waals surface area (Å²) in [6.45, 7) is 25.2. The van der Waals surface area contributed by atoms with E-state index in [0.29, 0.717) is 21.9 Å². The van der Waals surface area contributed by atoms with Crippen LogP contribution in [0.1, 0.15) is 61.3 Å². The fourth-order valence-corrected chi connectivity index (χ4v) is 13.3. The number of benzene rings is 1. The van der Waals surface area contributed by atoms with Crippen molar-refractivity contribution in [3.05, 3.63) is 42.0 Å². The molecule has 0 fully saturated rings. The molecule has 0 radical (unpaired) electrons. The molecule has 1 aliphatic carbocycles. The van der Waals surface area contributed by atoms with Gasteiger partial charge < -0.3 is 8.85 Å². The maximum absolute atomic E-state index is 7.27. The molecule has 0 saturated heterocycles. The maximum Gasteiger partial charge on any atom is 0.200 e. The quantitative estimate of drug-likeness (QED) is 0.227. The summed E-state index contributed by atoms with van der Waals surface area (Å²) in [6, 6.07) is 10.9. The van der Waals surface area contributed by atoms with Crippen molar-refractivity contribution in [2.45, 2.75) is 108 Å². The van der Waals surface area contributed by atoms with Gasteiger partial charge in [0.15, 0.2) is 16.6 Å². The lowest BCUT2D eigenvalue weighted by atomic mass is 9.75. The van der Waals surface area contributed by atoms with Crippen LogP contribution in [-0.4, -0.2) is 35.1 Å². The number of hydrogen-bond donors (Lipinski definition) is 0. The third-order valence-electron chi connectivity index (χ3n) is 7.18. The summed E-state index contributed by atoms with van der Waals surface area (Å²) in [4.78, 5) is 1.34. The van der Waals surface area contributed by atoms with Gasteiger partial charge in [-0.25, -0.2) is 0 Å². The highest BCUT2D eigenvalue weighted by Gasteiger charge is 2.49. The molecule has 2 rings (SSSR count). The molecule has 0 N–H and O–H groups in total. The van der Waals surface area contributed by atoms with E-state index in [1.807, 2.05) is 11.8 Å². The Kier molecular flexibility index (Phi) is 9.94. The molecule has 0 bridgehead atoms. The topological polar surface area (TPSA) is 18.5 Å². The average Bonchev–Trinajstić information content (AvgIpc) is 2.69. The Labute approximate surface area is 205 Å². The largest absolute Gasteiger partial charge is 0.417 e. The standard InChI is InChI=1S/C27H48O2SSi2/c1-21(2)32(22(3)4,23(5)6)29-20-27(19-28-31(8,9)10)18-14-15-24(7)26(27)30-25-16-12-11-13-17-25/h11-13,15-17,21-23,26H,14,18-20H2,1-10H3. The molecule has 32 heavy (non-hydrogen) atoms. The monoisotopic (exact) mass is 492 g/mol. The fourth-order valence-electron chi connectivity index (χ4n) is 5.63. The minimum Gasteiger partial charge on any atom is -0.417 e. The molecule has 0 spiro atoms. The molecule has 0 aliphatic heterocycles. The van der Waals surface area contributed by atoms with Crippen LogP contribution in [0.3, 0.4) is 0 Å². The molecule has 1 aromatic rings. The molecule has 0 heterocycles. The highest BCUT2D eigenvalue weighted by atomic mass is 32.2. The van der Waals surface area contributed by atoms with Crippen molar-refractivity contribution in [2.75, 3.05) is 13.2 Å². The molecule has 0 saturated carbocycles. The number of allylic oxidation sites excluding steroid dienone is 1. The van der Waals surface area contributed by atoms with Crippen LogP contribution in [0.2, 0.25) is 36.3 Å².